The predicted octanol–water partition coefficient (Wildman–Crippen LogP) is 1.26. The van der Waals surface area contributed by atoms with Crippen LogP contribution in [0.5, 0.6) is 0 Å². The summed E-state index contributed by atoms with van der Waals surface area (Å²) in [5.74, 6) is 1.02. The summed E-state index contributed by atoms with van der Waals surface area (Å²) in [6.45, 7) is 3.04. The second-order valence-corrected chi connectivity index (χ2v) is 7.44. The number of hydrogen-bond acceptors (Lipinski definition) is 5. The van der Waals surface area contributed by atoms with Gasteiger partial charge in [-0.1, -0.05) is 13.0 Å². The van der Waals surface area contributed by atoms with Crippen molar-refractivity contribution >= 4 is 15.8 Å². The molecule has 0 bridgehead atoms. The molecule has 1 aliphatic heterocycles. The summed E-state index contributed by atoms with van der Waals surface area (Å²) in [7, 11) is 0.659. The standard InChI is InChI=1S/C14H23N3O3S/c1-4-10-21(18,19)17-8-9-20-13(11-17)12-6-5-7-14(15-12)16(2)3/h5-7,13H,4,8-11H2,1-3H3. The van der Waals surface area contributed by atoms with Gasteiger partial charge in [0.15, 0.2) is 0 Å². The van der Waals surface area contributed by atoms with Gasteiger partial charge in [-0.15, -0.1) is 0 Å². The first-order chi connectivity index (χ1) is 9.94. The van der Waals surface area contributed by atoms with E-state index in [0.717, 1.165) is 11.5 Å². The Kier molecular flexibility index (Phi) is 5.18. The molecule has 1 aromatic heterocycles. The van der Waals surface area contributed by atoms with Crippen molar-refractivity contribution in [2.24, 2.45) is 0 Å². The molecule has 1 aliphatic rings. The van der Waals surface area contributed by atoms with E-state index in [0.29, 0.717) is 26.1 Å². The summed E-state index contributed by atoms with van der Waals surface area (Å²) in [6.07, 6.45) is 0.323. The number of anilines is 1. The number of pyridine rings is 1. The van der Waals surface area contributed by atoms with Crippen molar-refractivity contribution in [3.8, 4) is 0 Å². The molecule has 1 fully saturated rings. The van der Waals surface area contributed by atoms with Crippen molar-refractivity contribution in [2.45, 2.75) is 19.4 Å². The molecular weight excluding hydrogens is 290 g/mol. The Morgan fingerprint density at radius 2 is 2.19 bits per heavy atom. The normalized spacial score (nSPS) is 20.4. The molecule has 2 rings (SSSR count). The zero-order valence-corrected chi connectivity index (χ0v) is 13.6. The monoisotopic (exact) mass is 313 g/mol. The molecule has 6 nitrogen and oxygen atoms in total. The van der Waals surface area contributed by atoms with Gasteiger partial charge >= 0.3 is 0 Å². The Balaban J connectivity index is 2.16. The zero-order valence-electron chi connectivity index (χ0n) is 12.8. The van der Waals surface area contributed by atoms with E-state index < -0.39 is 10.0 Å². The lowest BCUT2D eigenvalue weighted by atomic mass is 10.2. The van der Waals surface area contributed by atoms with Crippen LogP contribution in [0.3, 0.4) is 0 Å². The van der Waals surface area contributed by atoms with E-state index in [1.54, 1.807) is 0 Å². The highest BCUT2D eigenvalue weighted by Gasteiger charge is 2.30. The SMILES string of the molecule is CCCS(=O)(=O)N1CCOC(c2cccc(N(C)C)n2)C1. The summed E-state index contributed by atoms with van der Waals surface area (Å²) in [5, 5.41) is 0. The highest BCUT2D eigenvalue weighted by molar-refractivity contribution is 7.89. The molecule has 0 amide bonds. The summed E-state index contributed by atoms with van der Waals surface area (Å²) in [4.78, 5) is 6.45. The summed E-state index contributed by atoms with van der Waals surface area (Å²) >= 11 is 0. The molecule has 7 heteroatoms. The summed E-state index contributed by atoms with van der Waals surface area (Å²) < 4.78 is 31.6. The Bertz CT molecular complexity index is 575. The molecule has 0 spiro atoms. The Morgan fingerprint density at radius 3 is 2.86 bits per heavy atom. The second kappa shape index (κ2) is 6.72. The first-order valence-corrected chi connectivity index (χ1v) is 8.78. The third kappa shape index (κ3) is 3.93. The molecular formula is C14H23N3O3S. The van der Waals surface area contributed by atoms with Gasteiger partial charge in [-0.3, -0.25) is 0 Å². The zero-order chi connectivity index (χ0) is 15.5. The lowest BCUT2D eigenvalue weighted by Crippen LogP contribution is -2.43. The third-order valence-corrected chi connectivity index (χ3v) is 5.47. The maximum atomic E-state index is 12.2. The second-order valence-electron chi connectivity index (χ2n) is 5.35. The molecule has 2 heterocycles. The smallest absolute Gasteiger partial charge is 0.214 e. The van der Waals surface area contributed by atoms with Crippen molar-refractivity contribution in [1.82, 2.24) is 9.29 Å². The fourth-order valence-electron chi connectivity index (χ4n) is 2.31. The van der Waals surface area contributed by atoms with E-state index in [9.17, 15) is 8.42 Å². The van der Waals surface area contributed by atoms with Gasteiger partial charge < -0.3 is 9.64 Å². The first kappa shape index (κ1) is 16.2. The van der Waals surface area contributed by atoms with Crippen molar-refractivity contribution in [2.75, 3.05) is 44.4 Å². The van der Waals surface area contributed by atoms with E-state index in [1.807, 2.05) is 44.1 Å². The Labute approximate surface area is 126 Å². The molecule has 0 aliphatic carbocycles. The molecule has 1 aromatic rings. The Hall–Kier alpha value is -1.18. The minimum absolute atomic E-state index is 0.185. The van der Waals surface area contributed by atoms with Crippen LogP contribution in [0.2, 0.25) is 0 Å². The number of aromatic nitrogens is 1. The van der Waals surface area contributed by atoms with Crippen molar-refractivity contribution in [3.63, 3.8) is 0 Å². The Morgan fingerprint density at radius 1 is 1.43 bits per heavy atom. The van der Waals surface area contributed by atoms with E-state index in [4.69, 9.17) is 4.74 Å². The molecule has 0 saturated carbocycles. The topological polar surface area (TPSA) is 62.7 Å². The van der Waals surface area contributed by atoms with Crippen LogP contribution in [0.25, 0.3) is 0 Å². The average Bonchev–Trinajstić information content (AvgIpc) is 2.47. The number of morpholine rings is 1. The molecule has 0 radical (unpaired) electrons. The number of rotatable bonds is 5. The number of nitrogens with zero attached hydrogens (tertiary/aromatic N) is 3. The fourth-order valence-corrected chi connectivity index (χ4v) is 3.80. The van der Waals surface area contributed by atoms with Crippen LogP contribution in [0.1, 0.15) is 25.1 Å². The summed E-state index contributed by atoms with van der Waals surface area (Å²) in [5.41, 5.74) is 0.776. The van der Waals surface area contributed by atoms with Crippen LogP contribution in [0.15, 0.2) is 18.2 Å². The van der Waals surface area contributed by atoms with E-state index in [-0.39, 0.29) is 11.9 Å². The molecule has 0 N–H and O–H groups in total. The molecule has 1 saturated heterocycles. The maximum absolute atomic E-state index is 12.2. The number of hydrogen-bond donors (Lipinski definition) is 0. The van der Waals surface area contributed by atoms with Crippen LogP contribution in [-0.4, -0.2) is 57.3 Å². The van der Waals surface area contributed by atoms with E-state index >= 15 is 0 Å². The van der Waals surface area contributed by atoms with Crippen LogP contribution in [0.4, 0.5) is 5.82 Å². The van der Waals surface area contributed by atoms with Gasteiger partial charge in [0, 0.05) is 27.2 Å². The molecule has 0 aromatic carbocycles. The quantitative estimate of drug-likeness (QED) is 0.819. The predicted molar refractivity (Wildman–Crippen MR) is 82.9 cm³/mol. The molecule has 1 atom stereocenters. The van der Waals surface area contributed by atoms with Crippen molar-refractivity contribution in [3.05, 3.63) is 23.9 Å². The molecule has 1 unspecified atom stereocenters. The van der Waals surface area contributed by atoms with Gasteiger partial charge in [0.2, 0.25) is 10.0 Å². The fraction of sp³-hybridized carbons (Fsp3) is 0.643. The van der Waals surface area contributed by atoms with Gasteiger partial charge in [0.25, 0.3) is 0 Å². The summed E-state index contributed by atoms with van der Waals surface area (Å²) in [6, 6.07) is 5.71. The van der Waals surface area contributed by atoms with E-state index in [1.165, 1.54) is 4.31 Å². The molecule has 118 valence electrons. The van der Waals surface area contributed by atoms with Gasteiger partial charge in [0.1, 0.15) is 11.9 Å². The first-order valence-electron chi connectivity index (χ1n) is 7.17. The van der Waals surface area contributed by atoms with Gasteiger partial charge in [0.05, 0.1) is 18.1 Å². The van der Waals surface area contributed by atoms with Crippen LogP contribution in [-0.2, 0) is 14.8 Å². The van der Waals surface area contributed by atoms with Gasteiger partial charge in [-0.2, -0.15) is 4.31 Å². The highest BCUT2D eigenvalue weighted by atomic mass is 32.2. The minimum Gasteiger partial charge on any atom is -0.369 e. The van der Waals surface area contributed by atoms with Gasteiger partial charge in [-0.05, 0) is 18.6 Å². The van der Waals surface area contributed by atoms with Crippen LogP contribution in [0, 0.1) is 0 Å². The molecule has 21 heavy (non-hydrogen) atoms. The lowest BCUT2D eigenvalue weighted by molar-refractivity contribution is -0.00486. The van der Waals surface area contributed by atoms with Crippen molar-refractivity contribution in [1.29, 1.82) is 0 Å². The lowest BCUT2D eigenvalue weighted by Gasteiger charge is -2.32. The maximum Gasteiger partial charge on any atom is 0.214 e. The van der Waals surface area contributed by atoms with E-state index in [2.05, 4.69) is 4.98 Å². The highest BCUT2D eigenvalue weighted by Crippen LogP contribution is 2.24. The van der Waals surface area contributed by atoms with Crippen LogP contribution >= 0.6 is 0 Å². The number of sulfonamides is 1. The minimum atomic E-state index is -3.19. The van der Waals surface area contributed by atoms with Crippen LogP contribution < -0.4 is 4.90 Å². The largest absolute Gasteiger partial charge is 0.369 e. The number of ether oxygens (including phenoxy) is 1. The van der Waals surface area contributed by atoms with Crippen molar-refractivity contribution < 1.29 is 13.2 Å². The third-order valence-electron chi connectivity index (χ3n) is 3.43. The van der Waals surface area contributed by atoms with Gasteiger partial charge in [-0.25, -0.2) is 13.4 Å². The average molecular weight is 313 g/mol.